The summed E-state index contributed by atoms with van der Waals surface area (Å²) in [7, 11) is 0. The van der Waals surface area contributed by atoms with Crippen LogP contribution in [0.25, 0.3) is 31.3 Å². The first-order valence-corrected chi connectivity index (χ1v) is 23.1. The number of benzene rings is 2. The molecule has 1 saturated carbocycles. The number of carbonyl (C=O) groups is 7. The molecule has 2 aromatic rings. The first-order chi connectivity index (χ1) is 34.8. The van der Waals surface area contributed by atoms with Gasteiger partial charge >= 0.3 is 35.8 Å². The smallest absolute Gasteiger partial charge is 0.338 e. The minimum absolute atomic E-state index is 0.0307. The molecule has 1 aliphatic carbocycles. The molecule has 2 aliphatic heterocycles. The van der Waals surface area contributed by atoms with Crippen molar-refractivity contribution in [3.05, 3.63) is 103 Å². The highest BCUT2D eigenvalue weighted by Crippen LogP contribution is 2.41. The number of amides is 1. The van der Waals surface area contributed by atoms with E-state index in [9.17, 15) is 50.2 Å². The van der Waals surface area contributed by atoms with Crippen molar-refractivity contribution < 1.29 is 80.9 Å². The Morgan fingerprint density at radius 2 is 1.12 bits per heavy atom. The fourth-order valence-electron chi connectivity index (χ4n) is 8.98. The van der Waals surface area contributed by atoms with Crippen molar-refractivity contribution >= 4 is 41.7 Å². The van der Waals surface area contributed by atoms with Crippen molar-refractivity contribution in [1.82, 2.24) is 4.90 Å². The first-order valence-electron chi connectivity index (χ1n) is 23.1. The third-order valence-corrected chi connectivity index (χ3v) is 11.8. The molecule has 2 aromatic carbocycles. The highest BCUT2D eigenvalue weighted by Gasteiger charge is 2.60. The summed E-state index contributed by atoms with van der Waals surface area (Å²) >= 11 is 0. The lowest BCUT2D eigenvalue weighted by Crippen LogP contribution is -2.67. The highest BCUT2D eigenvalue weighted by atomic mass is 16.8. The summed E-state index contributed by atoms with van der Waals surface area (Å²) in [5.41, 5.74) is 29.8. The van der Waals surface area contributed by atoms with E-state index in [0.29, 0.717) is 6.42 Å². The fourth-order valence-corrected chi connectivity index (χ4v) is 8.98. The van der Waals surface area contributed by atoms with Crippen molar-refractivity contribution in [2.45, 2.75) is 166 Å². The summed E-state index contributed by atoms with van der Waals surface area (Å²) in [5, 5.41) is 11.6. The van der Waals surface area contributed by atoms with Crippen LogP contribution in [0.4, 0.5) is 0 Å². The van der Waals surface area contributed by atoms with Gasteiger partial charge in [-0.3, -0.25) is 24.0 Å². The molecule has 27 heteroatoms. The van der Waals surface area contributed by atoms with Gasteiger partial charge < -0.3 is 52.3 Å². The van der Waals surface area contributed by atoms with Crippen LogP contribution in [-0.4, -0.2) is 151 Å². The minimum atomic E-state index is -1.94. The molecule has 16 atom stereocenters. The van der Waals surface area contributed by atoms with Crippen molar-refractivity contribution in [2.24, 2.45) is 15.3 Å². The molecule has 0 aromatic heterocycles. The zero-order valence-electron chi connectivity index (χ0n) is 41.0. The summed E-state index contributed by atoms with van der Waals surface area (Å²) in [5.74, 6) is -5.98. The van der Waals surface area contributed by atoms with E-state index in [1.54, 1.807) is 43.3 Å². The molecule has 1 amide bonds. The Balaban J connectivity index is 1.76. The van der Waals surface area contributed by atoms with Crippen molar-refractivity contribution in [2.75, 3.05) is 6.54 Å². The Morgan fingerprint density at radius 3 is 1.63 bits per heavy atom. The van der Waals surface area contributed by atoms with E-state index in [0.717, 1.165) is 27.7 Å². The minimum Gasteiger partial charge on any atom is -0.460 e. The van der Waals surface area contributed by atoms with Gasteiger partial charge in [0.25, 0.3) is 0 Å². The standard InChI is InChI=1S/C46H56N10O17/c1-9-20-56(24(4)57)32-21-31(51-54-48)36(72-45-33(52-55-49)38(66-27(7)60)40(67-28(8)61)35(71-45)23(3)64-25(5)58)41(37(32)65-26(6)59)73-46-42(69-44(63)30-18-14-11-15-19-30)39(34(70-46)22(2)50-53-47)68-43(62)29-16-12-10-13-17-29/h10-19,22-23,31-42,45-46H,9,20-21H2,1-8H3/t22-,23+,31?,32+,33?,34+,35?,36+,37+,38+,39?,40+,41?,42?,45+,46?/m0/s1. The lowest BCUT2D eigenvalue weighted by atomic mass is 9.82. The average Bonchev–Trinajstić information content (AvgIpc) is 3.66. The molecular formula is C46H56N10O17. The van der Waals surface area contributed by atoms with E-state index in [4.69, 9.17) is 47.4 Å². The Hall–Kier alpha value is -7.50. The van der Waals surface area contributed by atoms with Gasteiger partial charge in [-0.25, -0.2) is 9.59 Å². The second-order valence-electron chi connectivity index (χ2n) is 17.1. The van der Waals surface area contributed by atoms with Crippen LogP contribution >= 0.6 is 0 Å². The predicted octanol–water partition coefficient (Wildman–Crippen LogP) is 5.49. The quantitative estimate of drug-likeness (QED) is 0.0520. The number of nitrogens with zero attached hydrogens (tertiary/aromatic N) is 10. The van der Waals surface area contributed by atoms with Crippen molar-refractivity contribution in [3.63, 3.8) is 0 Å². The SMILES string of the molecule is CCCN(C(C)=O)[C@@H]1CC(N=[N+]=[N-])[C@@H](O[C@H]2OC([C@@H](C)OC(C)=O)[C@@H](OC(C)=O)[C@H](OC(C)=O)C2N=[N+]=[N-])C(OC2O[C@H]([C@H](C)N=[N+]=[N-])C(OC(=O)c3ccccc3)C2OC(=O)c2ccccc2)[C@@H]1OC(C)=O. The van der Waals surface area contributed by atoms with Gasteiger partial charge in [-0.05, 0) is 60.6 Å². The van der Waals surface area contributed by atoms with Gasteiger partial charge in [0, 0.05) is 55.9 Å². The lowest BCUT2D eigenvalue weighted by Gasteiger charge is -2.51. The largest absolute Gasteiger partial charge is 0.460 e. The third-order valence-electron chi connectivity index (χ3n) is 11.8. The summed E-state index contributed by atoms with van der Waals surface area (Å²) < 4.78 is 61.0. The van der Waals surface area contributed by atoms with E-state index >= 15 is 0 Å². The van der Waals surface area contributed by atoms with Crippen LogP contribution in [0.15, 0.2) is 76.0 Å². The Bertz CT molecular complexity index is 2450. The van der Waals surface area contributed by atoms with Gasteiger partial charge in [0.2, 0.25) is 5.91 Å². The van der Waals surface area contributed by atoms with Crippen molar-refractivity contribution in [3.8, 4) is 0 Å². The monoisotopic (exact) mass is 1020 g/mol. The van der Waals surface area contributed by atoms with Gasteiger partial charge in [-0.2, -0.15) is 0 Å². The molecule has 27 nitrogen and oxygen atoms in total. The molecule has 5 rings (SSSR count). The fraction of sp³-hybridized carbons (Fsp3) is 0.587. The number of carbonyl (C=O) groups excluding carboxylic acids is 7. The summed E-state index contributed by atoms with van der Waals surface area (Å²) in [4.78, 5) is 103. The number of hydrogen-bond donors (Lipinski definition) is 0. The summed E-state index contributed by atoms with van der Waals surface area (Å²) in [6, 6.07) is 9.77. The second-order valence-corrected chi connectivity index (χ2v) is 17.1. The van der Waals surface area contributed by atoms with Crippen LogP contribution < -0.4 is 0 Å². The van der Waals surface area contributed by atoms with Gasteiger partial charge in [0.05, 0.1) is 35.4 Å². The van der Waals surface area contributed by atoms with Crippen LogP contribution in [0.5, 0.6) is 0 Å². The Kier molecular flexibility index (Phi) is 20.3. The average molecular weight is 1020 g/mol. The number of hydrogen-bond acceptors (Lipinski definition) is 20. The maximum absolute atomic E-state index is 14.1. The normalized spacial score (nSPS) is 29.2. The molecule has 7 unspecified atom stereocenters. The molecule has 0 spiro atoms. The van der Waals surface area contributed by atoms with Crippen LogP contribution in [-0.2, 0) is 71.3 Å². The van der Waals surface area contributed by atoms with E-state index in [1.807, 2.05) is 0 Å². The van der Waals surface area contributed by atoms with Crippen LogP contribution in [0.1, 0.15) is 88.9 Å². The maximum atomic E-state index is 14.1. The van der Waals surface area contributed by atoms with Crippen molar-refractivity contribution in [1.29, 1.82) is 0 Å². The van der Waals surface area contributed by atoms with Crippen LogP contribution in [0, 0.1) is 0 Å². The number of rotatable bonds is 20. The molecule has 2 heterocycles. The molecule has 3 aliphatic rings. The number of azide groups is 3. The van der Waals surface area contributed by atoms with Gasteiger partial charge in [-0.1, -0.05) is 65.6 Å². The molecular weight excluding hydrogens is 965 g/mol. The van der Waals surface area contributed by atoms with Crippen LogP contribution in [0.2, 0.25) is 0 Å². The van der Waals surface area contributed by atoms with Gasteiger partial charge in [-0.15, -0.1) is 0 Å². The predicted molar refractivity (Wildman–Crippen MR) is 247 cm³/mol. The topological polar surface area (TPSA) is 361 Å². The maximum Gasteiger partial charge on any atom is 0.338 e. The second kappa shape index (κ2) is 26.3. The Morgan fingerprint density at radius 1 is 0.616 bits per heavy atom. The van der Waals surface area contributed by atoms with Gasteiger partial charge in [0.15, 0.2) is 43.1 Å². The molecule has 392 valence electrons. The number of ether oxygens (including phenoxy) is 10. The molecule has 2 saturated heterocycles. The molecule has 3 fully saturated rings. The first kappa shape index (κ1) is 56.4. The summed E-state index contributed by atoms with van der Waals surface area (Å²) in [6.45, 7) is 10.1. The third kappa shape index (κ3) is 14.4. The van der Waals surface area contributed by atoms with E-state index in [2.05, 4.69) is 30.1 Å². The zero-order chi connectivity index (χ0) is 53.5. The zero-order valence-corrected chi connectivity index (χ0v) is 41.0. The van der Waals surface area contributed by atoms with E-state index in [-0.39, 0.29) is 24.1 Å². The Labute approximate surface area is 417 Å². The molecule has 0 radical (unpaired) electrons. The highest BCUT2D eigenvalue weighted by molar-refractivity contribution is 5.90. The van der Waals surface area contributed by atoms with E-state index in [1.165, 1.54) is 49.9 Å². The summed E-state index contributed by atoms with van der Waals surface area (Å²) in [6.07, 6.45) is -20.0. The van der Waals surface area contributed by atoms with Gasteiger partial charge in [0.1, 0.15) is 30.5 Å². The molecule has 0 N–H and O–H groups in total. The molecule has 73 heavy (non-hydrogen) atoms. The lowest BCUT2D eigenvalue weighted by molar-refractivity contribution is -0.319. The number of esters is 6. The van der Waals surface area contributed by atoms with E-state index < -0.39 is 140 Å². The van der Waals surface area contributed by atoms with Crippen LogP contribution in [0.3, 0.4) is 0 Å². The molecule has 0 bridgehead atoms.